The predicted molar refractivity (Wildman–Crippen MR) is 97.1 cm³/mol. The number of hydrogen-bond acceptors (Lipinski definition) is 4. The number of imide groups is 1. The van der Waals surface area contributed by atoms with Crippen molar-refractivity contribution in [2.24, 2.45) is 11.1 Å². The van der Waals surface area contributed by atoms with Crippen LogP contribution in [0.4, 0.5) is 9.18 Å². The number of hydrogen-bond donors (Lipinski definition) is 3. The van der Waals surface area contributed by atoms with E-state index in [1.807, 2.05) is 0 Å². The monoisotopic (exact) mass is 390 g/mol. The molecule has 1 aromatic rings. The highest BCUT2D eigenvalue weighted by molar-refractivity contribution is 6.09. The van der Waals surface area contributed by atoms with Crippen LogP contribution in [0.2, 0.25) is 0 Å². The highest BCUT2D eigenvalue weighted by Crippen LogP contribution is 2.37. The predicted octanol–water partition coefficient (Wildman–Crippen LogP) is 0.755. The van der Waals surface area contributed by atoms with Gasteiger partial charge in [-0.2, -0.15) is 0 Å². The Morgan fingerprint density at radius 2 is 1.82 bits per heavy atom. The van der Waals surface area contributed by atoms with Crippen molar-refractivity contribution < 1.29 is 23.6 Å². The zero-order chi connectivity index (χ0) is 20.5. The van der Waals surface area contributed by atoms with Crippen molar-refractivity contribution in [1.29, 1.82) is 0 Å². The van der Waals surface area contributed by atoms with Crippen LogP contribution in [-0.4, -0.2) is 41.7 Å². The van der Waals surface area contributed by atoms with Crippen molar-refractivity contribution in [3.63, 3.8) is 0 Å². The Kier molecular flexibility index (Phi) is 5.10. The van der Waals surface area contributed by atoms with Gasteiger partial charge in [0.25, 0.3) is 5.91 Å². The first kappa shape index (κ1) is 19.8. The topological polar surface area (TPSA) is 122 Å². The largest absolute Gasteiger partial charge is 0.369 e. The van der Waals surface area contributed by atoms with Crippen LogP contribution in [-0.2, 0) is 19.9 Å². The third-order valence-corrected chi connectivity index (χ3v) is 5.71. The Labute approximate surface area is 161 Å². The molecule has 2 fully saturated rings. The van der Waals surface area contributed by atoms with Gasteiger partial charge in [0.1, 0.15) is 17.9 Å². The summed E-state index contributed by atoms with van der Waals surface area (Å²) in [4.78, 5) is 50.0. The Balaban J connectivity index is 1.66. The van der Waals surface area contributed by atoms with Crippen molar-refractivity contribution in [3.8, 4) is 0 Å². The lowest BCUT2D eigenvalue weighted by Crippen LogP contribution is -2.48. The average Bonchev–Trinajstić information content (AvgIpc) is 3.21. The standard InChI is InChI=1S/C19H23FN4O4/c1-18(12-4-6-13(20)7-5-12)16(27)24(17(28)23-18)10-14(25)22-11-19(15(21)26)8-2-3-9-19/h4-7H,2-3,8-11H2,1H3,(H2,21,26)(H,22,25)(H,23,28)/t18-/m1/s1. The second kappa shape index (κ2) is 7.21. The van der Waals surface area contributed by atoms with Gasteiger partial charge in [-0.3, -0.25) is 19.3 Å². The summed E-state index contributed by atoms with van der Waals surface area (Å²) in [6.07, 6.45) is 2.94. The smallest absolute Gasteiger partial charge is 0.325 e. The van der Waals surface area contributed by atoms with E-state index in [-0.39, 0.29) is 6.54 Å². The summed E-state index contributed by atoms with van der Waals surface area (Å²) < 4.78 is 13.2. The molecule has 1 saturated carbocycles. The molecule has 1 aliphatic heterocycles. The number of rotatable bonds is 6. The Hall–Kier alpha value is -2.97. The number of halogens is 1. The number of nitrogens with zero attached hydrogens (tertiary/aromatic N) is 1. The first-order valence-corrected chi connectivity index (χ1v) is 9.15. The molecule has 3 rings (SSSR count). The van der Waals surface area contributed by atoms with E-state index in [0.717, 1.165) is 17.7 Å². The number of benzene rings is 1. The lowest BCUT2D eigenvalue weighted by atomic mass is 9.85. The molecule has 0 aromatic heterocycles. The summed E-state index contributed by atoms with van der Waals surface area (Å²) in [6.45, 7) is 1.11. The summed E-state index contributed by atoms with van der Waals surface area (Å²) in [6, 6.07) is 4.50. The number of urea groups is 1. The van der Waals surface area contributed by atoms with Crippen LogP contribution in [0.5, 0.6) is 0 Å². The number of amides is 5. The van der Waals surface area contributed by atoms with Gasteiger partial charge in [-0.25, -0.2) is 9.18 Å². The normalized spacial score (nSPS) is 23.6. The van der Waals surface area contributed by atoms with Crippen LogP contribution < -0.4 is 16.4 Å². The van der Waals surface area contributed by atoms with Crippen molar-refractivity contribution in [1.82, 2.24) is 15.5 Å². The third kappa shape index (κ3) is 3.44. The van der Waals surface area contributed by atoms with Crippen LogP contribution in [0.1, 0.15) is 38.2 Å². The molecule has 4 N–H and O–H groups in total. The molecular weight excluding hydrogens is 367 g/mol. The summed E-state index contributed by atoms with van der Waals surface area (Å²) in [7, 11) is 0. The maximum absolute atomic E-state index is 13.2. The number of nitrogens with one attached hydrogen (secondary N) is 2. The number of carbonyl (C=O) groups is 4. The number of primary amides is 1. The molecule has 0 bridgehead atoms. The first-order chi connectivity index (χ1) is 13.2. The molecular formula is C19H23FN4O4. The molecule has 0 radical (unpaired) electrons. The van der Waals surface area contributed by atoms with Crippen molar-refractivity contribution in [2.75, 3.05) is 13.1 Å². The SMILES string of the molecule is C[C@]1(c2ccc(F)cc2)NC(=O)N(CC(=O)NCC2(C(N)=O)CCCC2)C1=O. The highest BCUT2D eigenvalue weighted by atomic mass is 19.1. The Bertz CT molecular complexity index is 820. The maximum atomic E-state index is 13.2. The number of carbonyl (C=O) groups excluding carboxylic acids is 4. The van der Waals surface area contributed by atoms with Gasteiger partial charge in [0.05, 0.1) is 5.41 Å². The molecule has 1 heterocycles. The van der Waals surface area contributed by atoms with E-state index in [1.165, 1.54) is 31.2 Å². The van der Waals surface area contributed by atoms with Gasteiger partial charge in [-0.15, -0.1) is 0 Å². The average molecular weight is 390 g/mol. The summed E-state index contributed by atoms with van der Waals surface area (Å²) >= 11 is 0. The summed E-state index contributed by atoms with van der Waals surface area (Å²) in [5.74, 6) is -2.08. The van der Waals surface area contributed by atoms with Crippen LogP contribution >= 0.6 is 0 Å². The summed E-state index contributed by atoms with van der Waals surface area (Å²) in [5, 5.41) is 5.18. The van der Waals surface area contributed by atoms with Crippen LogP contribution in [0.3, 0.4) is 0 Å². The first-order valence-electron chi connectivity index (χ1n) is 9.15. The Morgan fingerprint density at radius 1 is 1.21 bits per heavy atom. The molecule has 1 atom stereocenters. The lowest BCUT2D eigenvalue weighted by molar-refractivity contribution is -0.135. The minimum atomic E-state index is -1.38. The fourth-order valence-electron chi connectivity index (χ4n) is 3.85. The zero-order valence-corrected chi connectivity index (χ0v) is 15.6. The zero-order valence-electron chi connectivity index (χ0n) is 15.6. The van der Waals surface area contributed by atoms with Crippen molar-refractivity contribution in [2.45, 2.75) is 38.1 Å². The molecule has 28 heavy (non-hydrogen) atoms. The van der Waals surface area contributed by atoms with E-state index in [2.05, 4.69) is 10.6 Å². The molecule has 8 nitrogen and oxygen atoms in total. The van der Waals surface area contributed by atoms with Gasteiger partial charge in [-0.05, 0) is 37.5 Å². The van der Waals surface area contributed by atoms with Gasteiger partial charge in [-0.1, -0.05) is 25.0 Å². The maximum Gasteiger partial charge on any atom is 0.325 e. The Morgan fingerprint density at radius 3 is 2.39 bits per heavy atom. The summed E-state index contributed by atoms with van der Waals surface area (Å²) in [5.41, 5.74) is 3.75. The van der Waals surface area contributed by atoms with Crippen LogP contribution in [0.25, 0.3) is 0 Å². The molecule has 1 aromatic carbocycles. The number of nitrogens with two attached hydrogens (primary N) is 1. The van der Waals surface area contributed by atoms with Gasteiger partial charge >= 0.3 is 6.03 Å². The molecule has 9 heteroatoms. The van der Waals surface area contributed by atoms with E-state index >= 15 is 0 Å². The molecule has 0 unspecified atom stereocenters. The van der Waals surface area contributed by atoms with E-state index in [0.29, 0.717) is 18.4 Å². The quantitative estimate of drug-likeness (QED) is 0.621. The van der Waals surface area contributed by atoms with Gasteiger partial charge < -0.3 is 16.4 Å². The van der Waals surface area contributed by atoms with Gasteiger partial charge in [0.2, 0.25) is 11.8 Å². The molecule has 2 aliphatic rings. The molecule has 5 amide bonds. The van der Waals surface area contributed by atoms with Crippen molar-refractivity contribution in [3.05, 3.63) is 35.6 Å². The van der Waals surface area contributed by atoms with E-state index in [4.69, 9.17) is 5.73 Å². The fourth-order valence-corrected chi connectivity index (χ4v) is 3.85. The van der Waals surface area contributed by atoms with Crippen LogP contribution in [0.15, 0.2) is 24.3 Å². The van der Waals surface area contributed by atoms with E-state index < -0.39 is 47.1 Å². The molecule has 0 spiro atoms. The highest BCUT2D eigenvalue weighted by Gasteiger charge is 2.49. The minimum absolute atomic E-state index is 0.0834. The fraction of sp³-hybridized carbons (Fsp3) is 0.474. The molecule has 1 aliphatic carbocycles. The molecule has 150 valence electrons. The minimum Gasteiger partial charge on any atom is -0.369 e. The van der Waals surface area contributed by atoms with E-state index in [1.54, 1.807) is 0 Å². The van der Waals surface area contributed by atoms with Gasteiger partial charge in [0.15, 0.2) is 0 Å². The van der Waals surface area contributed by atoms with E-state index in [9.17, 15) is 23.6 Å². The third-order valence-electron chi connectivity index (χ3n) is 5.71. The van der Waals surface area contributed by atoms with Crippen molar-refractivity contribution >= 4 is 23.8 Å². The lowest BCUT2D eigenvalue weighted by Gasteiger charge is -2.26. The molecule has 1 saturated heterocycles. The van der Waals surface area contributed by atoms with Crippen LogP contribution in [0, 0.1) is 11.2 Å². The second-order valence-electron chi connectivity index (χ2n) is 7.58. The van der Waals surface area contributed by atoms with Gasteiger partial charge in [0, 0.05) is 6.54 Å². The second-order valence-corrected chi connectivity index (χ2v) is 7.58.